The third-order valence-electron chi connectivity index (χ3n) is 2.94. The molecule has 1 aromatic carbocycles. The van der Waals surface area contributed by atoms with Gasteiger partial charge >= 0.3 is 0 Å². The lowest BCUT2D eigenvalue weighted by molar-refractivity contribution is 0.0960. The Labute approximate surface area is 123 Å². The summed E-state index contributed by atoms with van der Waals surface area (Å²) in [5, 5.41) is 4.76. The summed E-state index contributed by atoms with van der Waals surface area (Å²) in [5.41, 5.74) is 3.38. The van der Waals surface area contributed by atoms with Crippen LogP contribution in [0.4, 0.5) is 0 Å². The summed E-state index contributed by atoms with van der Waals surface area (Å²) in [4.78, 5) is 12.4. The van der Waals surface area contributed by atoms with E-state index < -0.39 is 0 Å². The van der Waals surface area contributed by atoms with Crippen LogP contribution in [0.2, 0.25) is 0 Å². The molecular weight excluding hydrogens is 270 g/mol. The van der Waals surface area contributed by atoms with Gasteiger partial charge in [-0.3, -0.25) is 4.79 Å². The molecule has 20 heavy (non-hydrogen) atoms. The second kappa shape index (κ2) is 6.57. The number of nitrogens with one attached hydrogen (secondary N) is 1. The molecule has 1 aromatic heterocycles. The van der Waals surface area contributed by atoms with Gasteiger partial charge in [0.2, 0.25) is 0 Å². The molecule has 2 rings (SSSR count). The SMILES string of the molecule is CCNC(=O)c1cc(COc2ccc(C)cc2C)cs1. The van der Waals surface area contributed by atoms with Crippen LogP contribution in [0.1, 0.15) is 33.3 Å². The van der Waals surface area contributed by atoms with Crippen LogP contribution in [0, 0.1) is 13.8 Å². The molecular formula is C16H19NO2S. The Morgan fingerprint density at radius 1 is 1.30 bits per heavy atom. The third-order valence-corrected chi connectivity index (χ3v) is 3.92. The number of hydrogen-bond donors (Lipinski definition) is 1. The minimum Gasteiger partial charge on any atom is -0.489 e. The number of rotatable bonds is 5. The van der Waals surface area contributed by atoms with Crippen LogP contribution in [0.15, 0.2) is 29.6 Å². The van der Waals surface area contributed by atoms with Gasteiger partial charge in [0.05, 0.1) is 4.88 Å². The van der Waals surface area contributed by atoms with E-state index in [-0.39, 0.29) is 5.91 Å². The largest absolute Gasteiger partial charge is 0.489 e. The van der Waals surface area contributed by atoms with E-state index in [2.05, 4.69) is 18.3 Å². The third kappa shape index (κ3) is 3.61. The summed E-state index contributed by atoms with van der Waals surface area (Å²) in [5.74, 6) is 0.872. The number of benzene rings is 1. The van der Waals surface area contributed by atoms with Crippen molar-refractivity contribution >= 4 is 17.2 Å². The molecule has 0 aliphatic rings. The van der Waals surface area contributed by atoms with E-state index in [1.165, 1.54) is 16.9 Å². The van der Waals surface area contributed by atoms with E-state index in [1.54, 1.807) is 0 Å². The van der Waals surface area contributed by atoms with Crippen molar-refractivity contribution in [1.82, 2.24) is 5.32 Å². The smallest absolute Gasteiger partial charge is 0.261 e. The molecule has 3 nitrogen and oxygen atoms in total. The highest BCUT2D eigenvalue weighted by atomic mass is 32.1. The van der Waals surface area contributed by atoms with Crippen LogP contribution in [0.5, 0.6) is 5.75 Å². The number of amides is 1. The van der Waals surface area contributed by atoms with Crippen LogP contribution in [-0.4, -0.2) is 12.5 Å². The number of carbonyl (C=O) groups is 1. The van der Waals surface area contributed by atoms with Crippen molar-refractivity contribution in [3.05, 3.63) is 51.2 Å². The Kier molecular flexibility index (Phi) is 4.79. The van der Waals surface area contributed by atoms with E-state index >= 15 is 0 Å². The molecule has 4 heteroatoms. The summed E-state index contributed by atoms with van der Waals surface area (Å²) in [6.45, 7) is 7.14. The highest BCUT2D eigenvalue weighted by Crippen LogP contribution is 2.21. The van der Waals surface area contributed by atoms with Gasteiger partial charge in [0.1, 0.15) is 12.4 Å². The van der Waals surface area contributed by atoms with Crippen molar-refractivity contribution in [2.24, 2.45) is 0 Å². The van der Waals surface area contributed by atoms with Gasteiger partial charge in [0.25, 0.3) is 5.91 Å². The minimum absolute atomic E-state index is 0.0183. The highest BCUT2D eigenvalue weighted by Gasteiger charge is 2.08. The zero-order valence-electron chi connectivity index (χ0n) is 12.0. The van der Waals surface area contributed by atoms with Gasteiger partial charge in [-0.25, -0.2) is 0 Å². The molecule has 1 N–H and O–H groups in total. The van der Waals surface area contributed by atoms with Crippen LogP contribution < -0.4 is 10.1 Å². The van der Waals surface area contributed by atoms with E-state index in [0.29, 0.717) is 13.2 Å². The van der Waals surface area contributed by atoms with E-state index in [0.717, 1.165) is 21.8 Å². The first-order chi connectivity index (χ1) is 9.60. The zero-order valence-corrected chi connectivity index (χ0v) is 12.8. The first kappa shape index (κ1) is 14.6. The maximum absolute atomic E-state index is 11.7. The zero-order chi connectivity index (χ0) is 14.5. The molecule has 0 saturated heterocycles. The fourth-order valence-electron chi connectivity index (χ4n) is 1.94. The second-order valence-electron chi connectivity index (χ2n) is 4.74. The van der Waals surface area contributed by atoms with E-state index in [4.69, 9.17) is 4.74 Å². The lowest BCUT2D eigenvalue weighted by atomic mass is 10.1. The number of carbonyl (C=O) groups excluding carboxylic acids is 1. The van der Waals surface area contributed by atoms with Crippen molar-refractivity contribution in [2.45, 2.75) is 27.4 Å². The first-order valence-corrected chi connectivity index (χ1v) is 7.53. The summed E-state index contributed by atoms with van der Waals surface area (Å²) in [6, 6.07) is 8.01. The molecule has 0 unspecified atom stereocenters. The Bertz CT molecular complexity index is 604. The topological polar surface area (TPSA) is 38.3 Å². The van der Waals surface area contributed by atoms with E-state index in [9.17, 15) is 4.79 Å². The van der Waals surface area contributed by atoms with Crippen molar-refractivity contribution in [3.8, 4) is 5.75 Å². The minimum atomic E-state index is -0.0183. The van der Waals surface area contributed by atoms with Crippen molar-refractivity contribution in [2.75, 3.05) is 6.54 Å². The Hall–Kier alpha value is -1.81. The molecule has 2 aromatic rings. The maximum Gasteiger partial charge on any atom is 0.261 e. The molecule has 1 amide bonds. The molecule has 0 saturated carbocycles. The lowest BCUT2D eigenvalue weighted by Gasteiger charge is -2.08. The Morgan fingerprint density at radius 3 is 2.80 bits per heavy atom. The van der Waals surface area contributed by atoms with Gasteiger partial charge in [-0.2, -0.15) is 0 Å². The average molecular weight is 289 g/mol. The molecule has 106 valence electrons. The molecule has 0 aliphatic heterocycles. The molecule has 1 heterocycles. The molecule has 0 spiro atoms. The fraction of sp³-hybridized carbons (Fsp3) is 0.312. The van der Waals surface area contributed by atoms with Crippen molar-refractivity contribution in [1.29, 1.82) is 0 Å². The predicted molar refractivity (Wildman–Crippen MR) is 82.6 cm³/mol. The van der Waals surface area contributed by atoms with Crippen molar-refractivity contribution in [3.63, 3.8) is 0 Å². The van der Waals surface area contributed by atoms with E-state index in [1.807, 2.05) is 37.4 Å². The van der Waals surface area contributed by atoms with Gasteiger partial charge in [-0.1, -0.05) is 17.7 Å². The molecule has 0 bridgehead atoms. The predicted octanol–water partition coefficient (Wildman–Crippen LogP) is 3.69. The molecule has 0 aliphatic carbocycles. The molecule has 0 radical (unpaired) electrons. The van der Waals surface area contributed by atoms with Gasteiger partial charge < -0.3 is 10.1 Å². The number of aryl methyl sites for hydroxylation is 2. The first-order valence-electron chi connectivity index (χ1n) is 6.66. The number of hydrogen-bond acceptors (Lipinski definition) is 3. The average Bonchev–Trinajstić information content (AvgIpc) is 2.87. The normalized spacial score (nSPS) is 10.3. The highest BCUT2D eigenvalue weighted by molar-refractivity contribution is 7.12. The summed E-state index contributed by atoms with van der Waals surface area (Å²) >= 11 is 1.45. The van der Waals surface area contributed by atoms with Crippen LogP contribution in [0.25, 0.3) is 0 Å². The standard InChI is InChI=1S/C16H19NO2S/c1-4-17-16(18)15-8-13(10-20-15)9-19-14-6-5-11(2)7-12(14)3/h5-8,10H,4,9H2,1-3H3,(H,17,18). The Balaban J connectivity index is 1.99. The molecule has 0 fully saturated rings. The van der Waals surface area contributed by atoms with Gasteiger partial charge in [-0.05, 0) is 43.8 Å². The quantitative estimate of drug-likeness (QED) is 0.911. The van der Waals surface area contributed by atoms with Gasteiger partial charge in [0, 0.05) is 12.1 Å². The van der Waals surface area contributed by atoms with Gasteiger partial charge in [-0.15, -0.1) is 11.3 Å². The lowest BCUT2D eigenvalue weighted by Crippen LogP contribution is -2.21. The fourth-order valence-corrected chi connectivity index (χ4v) is 2.75. The summed E-state index contributed by atoms with van der Waals surface area (Å²) < 4.78 is 5.81. The summed E-state index contributed by atoms with van der Waals surface area (Å²) in [6.07, 6.45) is 0. The number of ether oxygens (including phenoxy) is 1. The van der Waals surface area contributed by atoms with Crippen molar-refractivity contribution < 1.29 is 9.53 Å². The van der Waals surface area contributed by atoms with Crippen LogP contribution in [0.3, 0.4) is 0 Å². The monoisotopic (exact) mass is 289 g/mol. The maximum atomic E-state index is 11.7. The van der Waals surface area contributed by atoms with Crippen LogP contribution >= 0.6 is 11.3 Å². The Morgan fingerprint density at radius 2 is 2.10 bits per heavy atom. The van der Waals surface area contributed by atoms with Gasteiger partial charge in [0.15, 0.2) is 0 Å². The number of thiophene rings is 1. The second-order valence-corrected chi connectivity index (χ2v) is 5.65. The summed E-state index contributed by atoms with van der Waals surface area (Å²) in [7, 11) is 0. The van der Waals surface area contributed by atoms with Crippen LogP contribution in [-0.2, 0) is 6.61 Å². The molecule has 0 atom stereocenters.